The fraction of sp³-hybridized carbons (Fsp3) is 0.684. The Morgan fingerprint density at radius 2 is 0.964 bits per heavy atom. The Kier molecular flexibility index (Phi) is 9.52. The van der Waals surface area contributed by atoms with Crippen molar-refractivity contribution in [1.82, 2.24) is 0 Å². The Balaban J connectivity index is 2.90. The van der Waals surface area contributed by atoms with Crippen LogP contribution in [0.2, 0.25) is 6.04 Å². The number of unbranched alkanes of at least 4 members (excludes halogenated alkanes) is 1. The van der Waals surface area contributed by atoms with Gasteiger partial charge in [-0.3, -0.25) is 0 Å². The van der Waals surface area contributed by atoms with E-state index in [0.717, 1.165) is 0 Å². The molecule has 0 saturated heterocycles. The van der Waals surface area contributed by atoms with Gasteiger partial charge in [-0.05, 0) is 60.8 Å². The summed E-state index contributed by atoms with van der Waals surface area (Å²) in [5.74, 6) is -9.56. The normalized spacial score (nSPS) is 12.6. The molecule has 0 fully saturated rings. The standard InChI is InChI=1S/C19H29F5O3Si/c1-11(2)25-28(26-12(3)4,27-13(5)6)10-8-7-9-14-15(20)17(22)19(24)18(23)16(14)21/h11-13H,7-10H2,1-6H3. The summed E-state index contributed by atoms with van der Waals surface area (Å²) in [7, 11) is -3.08. The second-order valence-electron chi connectivity index (χ2n) is 7.44. The monoisotopic (exact) mass is 428 g/mol. The minimum atomic E-state index is -3.08. The lowest BCUT2D eigenvalue weighted by molar-refractivity contribution is 0.00280. The highest BCUT2D eigenvalue weighted by Crippen LogP contribution is 2.27. The molecule has 1 aromatic carbocycles. The Morgan fingerprint density at radius 3 is 1.32 bits per heavy atom. The predicted octanol–water partition coefficient (Wildman–Crippen LogP) is 5.92. The molecule has 9 heteroatoms. The minimum absolute atomic E-state index is 0.153. The Hall–Kier alpha value is -1.03. The lowest BCUT2D eigenvalue weighted by Gasteiger charge is -2.34. The first-order chi connectivity index (χ1) is 12.9. The van der Waals surface area contributed by atoms with E-state index in [1.165, 1.54) is 0 Å². The van der Waals surface area contributed by atoms with Crippen LogP contribution in [0.1, 0.15) is 59.9 Å². The maximum absolute atomic E-state index is 13.8. The summed E-state index contributed by atoms with van der Waals surface area (Å²) in [5.41, 5.74) is -0.803. The van der Waals surface area contributed by atoms with Crippen molar-refractivity contribution in [3.8, 4) is 0 Å². The van der Waals surface area contributed by atoms with Crippen molar-refractivity contribution in [2.24, 2.45) is 0 Å². The average Bonchev–Trinajstić information content (AvgIpc) is 2.55. The van der Waals surface area contributed by atoms with Crippen LogP contribution in [0.25, 0.3) is 0 Å². The van der Waals surface area contributed by atoms with E-state index in [2.05, 4.69) is 0 Å². The van der Waals surface area contributed by atoms with Crippen LogP contribution in [0.3, 0.4) is 0 Å². The van der Waals surface area contributed by atoms with Crippen molar-refractivity contribution < 1.29 is 35.2 Å². The lowest BCUT2D eigenvalue weighted by Crippen LogP contribution is -2.50. The average molecular weight is 429 g/mol. The molecule has 0 spiro atoms. The molecule has 0 heterocycles. The molecule has 0 unspecified atom stereocenters. The fourth-order valence-electron chi connectivity index (χ4n) is 2.85. The molecule has 28 heavy (non-hydrogen) atoms. The molecule has 0 radical (unpaired) electrons. The van der Waals surface area contributed by atoms with Gasteiger partial charge in [0.25, 0.3) is 0 Å². The van der Waals surface area contributed by atoms with E-state index in [-0.39, 0.29) is 31.2 Å². The topological polar surface area (TPSA) is 27.7 Å². The summed E-state index contributed by atoms with van der Waals surface area (Å²) in [6, 6.07) is 0.372. The van der Waals surface area contributed by atoms with Crippen LogP contribution in [0.15, 0.2) is 0 Å². The third-order valence-electron chi connectivity index (χ3n) is 3.71. The second-order valence-corrected chi connectivity index (χ2v) is 10.0. The van der Waals surface area contributed by atoms with E-state index in [9.17, 15) is 22.0 Å². The van der Waals surface area contributed by atoms with Crippen molar-refractivity contribution in [2.75, 3.05) is 0 Å². The molecule has 0 aliphatic rings. The molecule has 0 bridgehead atoms. The summed E-state index contributed by atoms with van der Waals surface area (Å²) < 4.78 is 85.3. The van der Waals surface area contributed by atoms with Gasteiger partial charge in [-0.1, -0.05) is 0 Å². The van der Waals surface area contributed by atoms with Gasteiger partial charge in [0, 0.05) is 29.9 Å². The smallest absolute Gasteiger partial charge is 0.371 e. The van der Waals surface area contributed by atoms with Crippen molar-refractivity contribution >= 4 is 8.80 Å². The fourth-order valence-corrected chi connectivity index (χ4v) is 6.21. The SMILES string of the molecule is CC(C)O[Si](CCCCc1c(F)c(F)c(F)c(F)c1F)(OC(C)C)OC(C)C. The summed E-state index contributed by atoms with van der Waals surface area (Å²) in [5, 5.41) is 0. The number of halogens is 5. The second kappa shape index (κ2) is 10.7. The maximum atomic E-state index is 13.8. The van der Waals surface area contributed by atoms with Gasteiger partial charge in [0.1, 0.15) is 0 Å². The summed E-state index contributed by atoms with van der Waals surface area (Å²) >= 11 is 0. The van der Waals surface area contributed by atoms with Gasteiger partial charge in [-0.2, -0.15) is 0 Å². The zero-order valence-corrected chi connectivity index (χ0v) is 18.2. The Labute approximate surface area is 164 Å². The molecular formula is C19H29F5O3Si. The molecule has 0 aromatic heterocycles. The van der Waals surface area contributed by atoms with Crippen LogP contribution in [0.4, 0.5) is 22.0 Å². The van der Waals surface area contributed by atoms with Gasteiger partial charge in [0.2, 0.25) is 5.82 Å². The van der Waals surface area contributed by atoms with Gasteiger partial charge in [0.15, 0.2) is 23.3 Å². The van der Waals surface area contributed by atoms with Crippen molar-refractivity contribution in [1.29, 1.82) is 0 Å². The predicted molar refractivity (Wildman–Crippen MR) is 98.4 cm³/mol. The highest BCUT2D eigenvalue weighted by Gasteiger charge is 2.43. The van der Waals surface area contributed by atoms with E-state index < -0.39 is 43.5 Å². The number of hydrogen-bond acceptors (Lipinski definition) is 3. The van der Waals surface area contributed by atoms with Gasteiger partial charge in [-0.15, -0.1) is 0 Å². The van der Waals surface area contributed by atoms with Gasteiger partial charge in [0.05, 0.1) is 0 Å². The molecule has 162 valence electrons. The minimum Gasteiger partial charge on any atom is -0.371 e. The van der Waals surface area contributed by atoms with Crippen LogP contribution >= 0.6 is 0 Å². The molecule has 1 rings (SSSR count). The highest BCUT2D eigenvalue weighted by atomic mass is 28.4. The van der Waals surface area contributed by atoms with Crippen LogP contribution in [-0.4, -0.2) is 27.1 Å². The number of benzene rings is 1. The molecule has 1 aromatic rings. The van der Waals surface area contributed by atoms with Gasteiger partial charge >= 0.3 is 8.80 Å². The first-order valence-electron chi connectivity index (χ1n) is 9.44. The molecular weight excluding hydrogens is 399 g/mol. The summed E-state index contributed by atoms with van der Waals surface area (Å²) in [6.07, 6.45) is -0.172. The van der Waals surface area contributed by atoms with Crippen LogP contribution in [0, 0.1) is 29.1 Å². The van der Waals surface area contributed by atoms with E-state index in [1.54, 1.807) is 0 Å². The summed E-state index contributed by atoms with van der Waals surface area (Å²) in [6.45, 7) is 11.1. The zero-order chi connectivity index (χ0) is 21.6. The van der Waals surface area contributed by atoms with E-state index >= 15 is 0 Å². The van der Waals surface area contributed by atoms with E-state index in [0.29, 0.717) is 12.5 Å². The van der Waals surface area contributed by atoms with Crippen molar-refractivity contribution in [2.45, 2.75) is 85.2 Å². The van der Waals surface area contributed by atoms with Crippen LogP contribution < -0.4 is 0 Å². The molecule has 0 atom stereocenters. The number of rotatable bonds is 11. The van der Waals surface area contributed by atoms with Gasteiger partial charge in [-0.25, -0.2) is 22.0 Å². The van der Waals surface area contributed by atoms with E-state index in [1.807, 2.05) is 41.5 Å². The van der Waals surface area contributed by atoms with Crippen molar-refractivity contribution in [3.05, 3.63) is 34.6 Å². The largest absolute Gasteiger partial charge is 0.501 e. The van der Waals surface area contributed by atoms with Crippen LogP contribution in [0.5, 0.6) is 0 Å². The third kappa shape index (κ3) is 6.79. The van der Waals surface area contributed by atoms with E-state index in [4.69, 9.17) is 13.3 Å². The maximum Gasteiger partial charge on any atom is 0.501 e. The highest BCUT2D eigenvalue weighted by molar-refractivity contribution is 6.60. The molecule has 0 amide bonds. The lowest BCUT2D eigenvalue weighted by atomic mass is 10.1. The number of hydrogen-bond donors (Lipinski definition) is 0. The molecule has 0 aliphatic carbocycles. The van der Waals surface area contributed by atoms with Crippen LogP contribution in [-0.2, 0) is 19.7 Å². The first kappa shape index (κ1) is 25.0. The molecule has 0 N–H and O–H groups in total. The zero-order valence-electron chi connectivity index (χ0n) is 17.2. The Bertz CT molecular complexity index is 597. The third-order valence-corrected chi connectivity index (χ3v) is 7.16. The first-order valence-corrected chi connectivity index (χ1v) is 11.4. The summed E-state index contributed by atoms with van der Waals surface area (Å²) in [4.78, 5) is 0. The molecule has 0 aliphatic heterocycles. The van der Waals surface area contributed by atoms with Crippen molar-refractivity contribution in [3.63, 3.8) is 0 Å². The Morgan fingerprint density at radius 1 is 0.607 bits per heavy atom. The van der Waals surface area contributed by atoms with Gasteiger partial charge < -0.3 is 13.3 Å². The quantitative estimate of drug-likeness (QED) is 0.144. The molecule has 3 nitrogen and oxygen atoms in total. The molecule has 0 saturated carbocycles.